The lowest BCUT2D eigenvalue weighted by Gasteiger charge is -2.21. The third-order valence-corrected chi connectivity index (χ3v) is 5.74. The van der Waals surface area contributed by atoms with Gasteiger partial charge in [-0.15, -0.1) is 0 Å². The number of hydrogen-bond donors (Lipinski definition) is 2. The van der Waals surface area contributed by atoms with Gasteiger partial charge in [0.2, 0.25) is 5.95 Å². The number of H-pyrrole nitrogens is 1. The van der Waals surface area contributed by atoms with Gasteiger partial charge in [-0.1, -0.05) is 0 Å². The molecular weight excluding hydrogens is 469 g/mol. The maximum atomic E-state index is 13.7. The Bertz CT molecular complexity index is 1490. The zero-order chi connectivity index (χ0) is 25.4. The SMILES string of the molecule is CCOc1ccc(/C(O)=C2\C(=O)C(=O)N(c3nc4ccc(F)cc4[nH]3)C2c2ccco2)c(OCC)c1. The first-order valence-corrected chi connectivity index (χ1v) is 11.3. The third-order valence-electron chi connectivity index (χ3n) is 5.74. The molecule has 1 atom stereocenters. The third kappa shape index (κ3) is 3.86. The van der Waals surface area contributed by atoms with Crippen LogP contribution in [-0.4, -0.2) is 40.0 Å². The average Bonchev–Trinajstić information content (AvgIpc) is 3.58. The van der Waals surface area contributed by atoms with Gasteiger partial charge in [0.25, 0.3) is 5.78 Å². The van der Waals surface area contributed by atoms with Gasteiger partial charge in [-0.25, -0.2) is 9.37 Å². The van der Waals surface area contributed by atoms with E-state index in [2.05, 4.69) is 9.97 Å². The fraction of sp³-hybridized carbons (Fsp3) is 0.192. The van der Waals surface area contributed by atoms with Crippen molar-refractivity contribution in [3.8, 4) is 11.5 Å². The number of nitrogens with one attached hydrogen (secondary N) is 1. The topological polar surface area (TPSA) is 118 Å². The van der Waals surface area contributed by atoms with Crippen molar-refractivity contribution in [1.82, 2.24) is 9.97 Å². The van der Waals surface area contributed by atoms with Gasteiger partial charge in [0.15, 0.2) is 0 Å². The summed E-state index contributed by atoms with van der Waals surface area (Å²) in [7, 11) is 0. The Labute approximate surface area is 204 Å². The van der Waals surface area contributed by atoms with E-state index in [-0.39, 0.29) is 28.6 Å². The first kappa shape index (κ1) is 23.2. The normalized spacial score (nSPS) is 17.2. The minimum Gasteiger partial charge on any atom is -0.507 e. The molecule has 1 fully saturated rings. The number of aliphatic hydroxyl groups is 1. The number of amides is 1. The number of benzene rings is 2. The number of furan rings is 1. The first-order chi connectivity index (χ1) is 17.4. The van der Waals surface area contributed by atoms with Gasteiger partial charge in [-0.3, -0.25) is 14.5 Å². The zero-order valence-corrected chi connectivity index (χ0v) is 19.4. The van der Waals surface area contributed by atoms with E-state index in [4.69, 9.17) is 13.9 Å². The number of anilines is 1. The van der Waals surface area contributed by atoms with Crippen LogP contribution in [0, 0.1) is 5.82 Å². The van der Waals surface area contributed by atoms with Crippen molar-refractivity contribution in [3.63, 3.8) is 0 Å². The molecule has 0 bridgehead atoms. The molecule has 2 N–H and O–H groups in total. The molecule has 4 aromatic rings. The summed E-state index contributed by atoms with van der Waals surface area (Å²) in [6.07, 6.45) is 1.39. The summed E-state index contributed by atoms with van der Waals surface area (Å²) in [6, 6.07) is 10.8. The van der Waals surface area contributed by atoms with Crippen molar-refractivity contribution < 1.29 is 33.0 Å². The number of aromatic amines is 1. The smallest absolute Gasteiger partial charge is 0.302 e. The van der Waals surface area contributed by atoms with Gasteiger partial charge in [0.1, 0.15) is 34.9 Å². The second-order valence-corrected chi connectivity index (χ2v) is 7.93. The number of carbonyl (C=O) groups is 2. The molecule has 184 valence electrons. The highest BCUT2D eigenvalue weighted by Gasteiger charge is 2.49. The summed E-state index contributed by atoms with van der Waals surface area (Å²) >= 11 is 0. The molecule has 3 heterocycles. The summed E-state index contributed by atoms with van der Waals surface area (Å²) in [4.78, 5) is 34.9. The van der Waals surface area contributed by atoms with E-state index in [1.54, 1.807) is 37.3 Å². The predicted octanol–water partition coefficient (Wildman–Crippen LogP) is 4.72. The molecule has 1 amide bonds. The predicted molar refractivity (Wildman–Crippen MR) is 128 cm³/mol. The number of imidazole rings is 1. The Morgan fingerprint density at radius 2 is 1.94 bits per heavy atom. The number of Topliss-reactive ketones (excluding diaryl/α,β-unsaturated/α-hetero) is 1. The lowest BCUT2D eigenvalue weighted by molar-refractivity contribution is -0.132. The van der Waals surface area contributed by atoms with E-state index in [1.807, 2.05) is 6.92 Å². The average molecular weight is 491 g/mol. The molecule has 2 aromatic carbocycles. The molecule has 10 heteroatoms. The van der Waals surface area contributed by atoms with Crippen LogP contribution < -0.4 is 14.4 Å². The molecule has 2 aromatic heterocycles. The number of aromatic nitrogens is 2. The zero-order valence-electron chi connectivity index (χ0n) is 19.4. The number of ether oxygens (including phenoxy) is 2. The number of fused-ring (bicyclic) bond motifs is 1. The van der Waals surface area contributed by atoms with Crippen LogP contribution in [0.4, 0.5) is 10.3 Å². The minimum atomic E-state index is -1.13. The van der Waals surface area contributed by atoms with Crippen LogP contribution in [0.5, 0.6) is 11.5 Å². The van der Waals surface area contributed by atoms with E-state index in [0.717, 1.165) is 4.90 Å². The van der Waals surface area contributed by atoms with Crippen LogP contribution in [0.15, 0.2) is 64.8 Å². The molecule has 1 unspecified atom stereocenters. The molecular formula is C26H22FN3O6. The van der Waals surface area contributed by atoms with Gasteiger partial charge in [0.05, 0.1) is 41.6 Å². The molecule has 0 saturated carbocycles. The molecule has 9 nitrogen and oxygen atoms in total. The van der Waals surface area contributed by atoms with Gasteiger partial charge < -0.3 is 24.0 Å². The first-order valence-electron chi connectivity index (χ1n) is 11.3. The molecule has 0 radical (unpaired) electrons. The highest BCUT2D eigenvalue weighted by atomic mass is 19.1. The van der Waals surface area contributed by atoms with Crippen LogP contribution in [0.25, 0.3) is 16.8 Å². The quantitative estimate of drug-likeness (QED) is 0.218. The van der Waals surface area contributed by atoms with E-state index in [0.29, 0.717) is 30.0 Å². The Morgan fingerprint density at radius 1 is 1.14 bits per heavy atom. The number of halogens is 1. The fourth-order valence-electron chi connectivity index (χ4n) is 4.22. The summed E-state index contributed by atoms with van der Waals surface area (Å²) < 4.78 is 30.5. The largest absolute Gasteiger partial charge is 0.507 e. The van der Waals surface area contributed by atoms with Gasteiger partial charge in [-0.2, -0.15) is 0 Å². The monoisotopic (exact) mass is 491 g/mol. The highest BCUT2D eigenvalue weighted by Crippen LogP contribution is 2.43. The van der Waals surface area contributed by atoms with Gasteiger partial charge in [-0.05, 0) is 56.3 Å². The second-order valence-electron chi connectivity index (χ2n) is 7.93. The number of aliphatic hydroxyl groups excluding tert-OH is 1. The Balaban J connectivity index is 1.69. The fourth-order valence-corrected chi connectivity index (χ4v) is 4.22. The number of hydrogen-bond acceptors (Lipinski definition) is 7. The molecule has 5 rings (SSSR count). The van der Waals surface area contributed by atoms with Crippen LogP contribution in [-0.2, 0) is 9.59 Å². The molecule has 1 aliphatic heterocycles. The molecule has 1 aliphatic rings. The molecule has 0 aliphatic carbocycles. The standard InChI is InChI=1S/C26H22FN3O6/c1-3-34-15-8-9-16(20(13-15)35-4-2)23(31)21-22(19-6-5-11-36-19)30(25(33)24(21)32)26-28-17-10-7-14(27)12-18(17)29-26/h5-13,22,31H,3-4H2,1-2H3,(H,28,29)/b23-21+. The number of ketones is 1. The molecule has 36 heavy (non-hydrogen) atoms. The minimum absolute atomic E-state index is 0.00914. The molecule has 1 saturated heterocycles. The van der Waals surface area contributed by atoms with Crippen molar-refractivity contribution >= 4 is 34.4 Å². The number of rotatable bonds is 7. The Morgan fingerprint density at radius 3 is 2.67 bits per heavy atom. The number of nitrogens with zero attached hydrogens (tertiary/aromatic N) is 2. The summed E-state index contributed by atoms with van der Waals surface area (Å²) in [5.74, 6) is -1.74. The molecule has 0 spiro atoms. The lowest BCUT2D eigenvalue weighted by atomic mass is 9.98. The maximum absolute atomic E-state index is 13.7. The number of carbonyl (C=O) groups excluding carboxylic acids is 2. The van der Waals surface area contributed by atoms with E-state index >= 15 is 0 Å². The van der Waals surface area contributed by atoms with E-state index in [1.165, 1.54) is 24.5 Å². The van der Waals surface area contributed by atoms with Crippen molar-refractivity contribution in [2.45, 2.75) is 19.9 Å². The van der Waals surface area contributed by atoms with Crippen molar-refractivity contribution in [2.24, 2.45) is 0 Å². The van der Waals surface area contributed by atoms with Crippen LogP contribution in [0.1, 0.15) is 31.2 Å². The van der Waals surface area contributed by atoms with Crippen molar-refractivity contribution in [2.75, 3.05) is 18.1 Å². The summed E-state index contributed by atoms with van der Waals surface area (Å²) in [6.45, 7) is 4.35. The van der Waals surface area contributed by atoms with Crippen LogP contribution in [0.3, 0.4) is 0 Å². The maximum Gasteiger partial charge on any atom is 0.302 e. The van der Waals surface area contributed by atoms with E-state index < -0.39 is 29.3 Å². The van der Waals surface area contributed by atoms with E-state index in [9.17, 15) is 19.1 Å². The van der Waals surface area contributed by atoms with Gasteiger partial charge in [0, 0.05) is 6.07 Å². The highest BCUT2D eigenvalue weighted by molar-refractivity contribution is 6.51. The lowest BCUT2D eigenvalue weighted by Crippen LogP contribution is -2.30. The second kappa shape index (κ2) is 9.21. The van der Waals surface area contributed by atoms with Crippen molar-refractivity contribution in [3.05, 3.63) is 77.5 Å². The van der Waals surface area contributed by atoms with Crippen LogP contribution >= 0.6 is 0 Å². The Hall–Kier alpha value is -4.60. The summed E-state index contributed by atoms with van der Waals surface area (Å²) in [5.41, 5.74) is 0.750. The Kier molecular flexibility index (Phi) is 5.93. The van der Waals surface area contributed by atoms with Gasteiger partial charge >= 0.3 is 5.91 Å². The van der Waals surface area contributed by atoms with Crippen LogP contribution in [0.2, 0.25) is 0 Å². The summed E-state index contributed by atoms with van der Waals surface area (Å²) in [5, 5.41) is 11.4. The van der Waals surface area contributed by atoms with Crippen molar-refractivity contribution in [1.29, 1.82) is 0 Å².